The Morgan fingerprint density at radius 3 is 1.81 bits per heavy atom. The van der Waals surface area contributed by atoms with E-state index in [1.165, 1.54) is 10.8 Å². The lowest BCUT2D eigenvalue weighted by Crippen LogP contribution is -1.97. The van der Waals surface area contributed by atoms with E-state index >= 15 is 0 Å². The summed E-state index contributed by atoms with van der Waals surface area (Å²) in [6.07, 6.45) is 3.66. The monoisotopic (exact) mass is 677 g/mol. The van der Waals surface area contributed by atoms with E-state index in [9.17, 15) is 0 Å². The number of benzene rings is 7. The predicted octanol–water partition coefficient (Wildman–Crippen LogP) is 12.9. The minimum absolute atomic E-state index is 0.658. The number of aromatic nitrogens is 3. The van der Waals surface area contributed by atoms with E-state index in [-0.39, 0.29) is 0 Å². The first-order valence-electron chi connectivity index (χ1n) is 17.7. The molecule has 3 heterocycles. The highest BCUT2D eigenvalue weighted by atomic mass is 16.3. The fourth-order valence-electron chi connectivity index (χ4n) is 7.28. The van der Waals surface area contributed by atoms with E-state index in [0.717, 1.165) is 83.4 Å². The molecular formula is C49H31N3O. The number of para-hydroxylation sites is 2. The molecule has 0 spiro atoms. The highest BCUT2D eigenvalue weighted by molar-refractivity contribution is 6.09. The van der Waals surface area contributed by atoms with Gasteiger partial charge in [-0.1, -0.05) is 121 Å². The van der Waals surface area contributed by atoms with E-state index in [1.807, 2.05) is 60.9 Å². The van der Waals surface area contributed by atoms with Crippen molar-refractivity contribution in [2.75, 3.05) is 0 Å². The number of furan rings is 1. The van der Waals surface area contributed by atoms with Crippen LogP contribution in [-0.2, 0) is 0 Å². The normalized spacial score (nSPS) is 11.4. The van der Waals surface area contributed by atoms with Crippen LogP contribution in [0.2, 0.25) is 0 Å². The quantitative estimate of drug-likeness (QED) is 0.176. The molecule has 7 aromatic carbocycles. The van der Waals surface area contributed by atoms with Gasteiger partial charge in [0.25, 0.3) is 0 Å². The summed E-state index contributed by atoms with van der Waals surface area (Å²) >= 11 is 0. The first-order chi connectivity index (χ1) is 26.2. The third-order valence-electron chi connectivity index (χ3n) is 9.98. The highest BCUT2D eigenvalue weighted by Gasteiger charge is 2.17. The minimum atomic E-state index is 0.658. The molecule has 0 bridgehead atoms. The molecule has 3 aromatic heterocycles. The van der Waals surface area contributed by atoms with Crippen molar-refractivity contribution < 1.29 is 4.42 Å². The maximum atomic E-state index is 6.50. The van der Waals surface area contributed by atoms with Gasteiger partial charge >= 0.3 is 0 Å². The molecule has 10 aromatic rings. The van der Waals surface area contributed by atoms with Crippen LogP contribution in [0.4, 0.5) is 0 Å². The van der Waals surface area contributed by atoms with Crippen LogP contribution in [0.25, 0.3) is 100.0 Å². The molecule has 0 saturated carbocycles. The molecular weight excluding hydrogens is 647 g/mol. The maximum Gasteiger partial charge on any atom is 0.160 e. The third kappa shape index (κ3) is 5.73. The van der Waals surface area contributed by atoms with Crippen molar-refractivity contribution in [2.45, 2.75) is 0 Å². The van der Waals surface area contributed by atoms with Crippen LogP contribution in [0.1, 0.15) is 0 Å². The van der Waals surface area contributed by atoms with Crippen LogP contribution in [0.5, 0.6) is 0 Å². The van der Waals surface area contributed by atoms with Gasteiger partial charge in [-0.2, -0.15) is 0 Å². The summed E-state index contributed by atoms with van der Waals surface area (Å²) in [7, 11) is 0. The third-order valence-corrected chi connectivity index (χ3v) is 9.98. The second-order valence-corrected chi connectivity index (χ2v) is 13.3. The molecule has 0 saturated heterocycles. The molecule has 0 N–H and O–H groups in total. The summed E-state index contributed by atoms with van der Waals surface area (Å²) in [6.45, 7) is 0. The van der Waals surface area contributed by atoms with Gasteiger partial charge in [-0.3, -0.25) is 4.98 Å². The molecule has 0 amide bonds. The first-order valence-corrected chi connectivity index (χ1v) is 17.7. The van der Waals surface area contributed by atoms with Gasteiger partial charge in [-0.15, -0.1) is 0 Å². The highest BCUT2D eigenvalue weighted by Crippen LogP contribution is 2.39. The number of pyridine rings is 1. The molecule has 248 valence electrons. The summed E-state index contributed by atoms with van der Waals surface area (Å²) in [6, 6.07) is 61.5. The average Bonchev–Trinajstić information content (AvgIpc) is 3.63. The van der Waals surface area contributed by atoms with Crippen molar-refractivity contribution in [1.82, 2.24) is 15.0 Å². The summed E-state index contributed by atoms with van der Waals surface area (Å²) < 4.78 is 6.50. The molecule has 4 heteroatoms. The number of nitrogens with zero attached hydrogens (tertiary/aromatic N) is 3. The number of fused-ring (bicyclic) bond motifs is 4. The molecule has 10 rings (SSSR count). The van der Waals surface area contributed by atoms with Crippen LogP contribution in [0, 0.1) is 0 Å². The van der Waals surface area contributed by atoms with Gasteiger partial charge in [-0.05, 0) is 98.8 Å². The Morgan fingerprint density at radius 1 is 0.358 bits per heavy atom. The van der Waals surface area contributed by atoms with Gasteiger partial charge in [0.05, 0.1) is 11.4 Å². The van der Waals surface area contributed by atoms with Crippen LogP contribution in [-0.4, -0.2) is 15.0 Å². The lowest BCUT2D eigenvalue weighted by molar-refractivity contribution is 0.670. The van der Waals surface area contributed by atoms with E-state index in [2.05, 4.69) is 132 Å². The van der Waals surface area contributed by atoms with E-state index in [0.29, 0.717) is 5.82 Å². The smallest absolute Gasteiger partial charge is 0.160 e. The van der Waals surface area contributed by atoms with Gasteiger partial charge in [-0.25, -0.2) is 9.97 Å². The Balaban J connectivity index is 1.18. The topological polar surface area (TPSA) is 51.8 Å². The number of hydrogen-bond acceptors (Lipinski definition) is 4. The van der Waals surface area contributed by atoms with Gasteiger partial charge in [0.1, 0.15) is 11.2 Å². The molecule has 0 radical (unpaired) electrons. The number of hydrogen-bond donors (Lipinski definition) is 0. The summed E-state index contributed by atoms with van der Waals surface area (Å²) in [5, 5.41) is 4.57. The standard InChI is InChI=1S/C49H31N3O/c1-2-10-36(11-3-1)49-51-45(31-46(52-49)44-15-8-14-43-42-13-6-7-16-47(42)53-48(43)44)41-29-39(34-19-17-33(18-20-34)35-23-25-50-26-24-35)28-40(30-41)38-22-21-32-9-4-5-12-37(32)27-38/h1-31H. The zero-order valence-electron chi connectivity index (χ0n) is 28.6. The zero-order chi connectivity index (χ0) is 35.1. The molecule has 0 fully saturated rings. The van der Waals surface area contributed by atoms with Gasteiger partial charge in [0.15, 0.2) is 5.82 Å². The Morgan fingerprint density at radius 2 is 0.981 bits per heavy atom. The molecule has 0 aliphatic rings. The second-order valence-electron chi connectivity index (χ2n) is 13.3. The molecule has 0 aliphatic carbocycles. The molecule has 4 nitrogen and oxygen atoms in total. The van der Waals surface area contributed by atoms with Crippen LogP contribution >= 0.6 is 0 Å². The largest absolute Gasteiger partial charge is 0.455 e. The molecule has 0 unspecified atom stereocenters. The van der Waals surface area contributed by atoms with Crippen molar-refractivity contribution >= 4 is 32.7 Å². The van der Waals surface area contributed by atoms with E-state index in [1.54, 1.807) is 0 Å². The SMILES string of the molecule is c1ccc(-c2nc(-c3cc(-c4ccc(-c5ccncc5)cc4)cc(-c4ccc5ccccc5c4)c3)cc(-c3cccc4c3oc3ccccc34)n2)cc1. The summed E-state index contributed by atoms with van der Waals surface area (Å²) in [5.74, 6) is 0.658. The summed E-state index contributed by atoms with van der Waals surface area (Å²) in [5.41, 5.74) is 13.0. The average molecular weight is 678 g/mol. The van der Waals surface area contributed by atoms with Crippen molar-refractivity contribution in [3.05, 3.63) is 188 Å². The predicted molar refractivity (Wildman–Crippen MR) is 217 cm³/mol. The Labute approximate surface area is 306 Å². The van der Waals surface area contributed by atoms with Crippen LogP contribution < -0.4 is 0 Å². The van der Waals surface area contributed by atoms with Gasteiger partial charge < -0.3 is 4.42 Å². The Kier molecular flexibility index (Phi) is 7.43. The van der Waals surface area contributed by atoms with Gasteiger partial charge in [0.2, 0.25) is 0 Å². The fourth-order valence-corrected chi connectivity index (χ4v) is 7.28. The van der Waals surface area contributed by atoms with Crippen molar-refractivity contribution in [1.29, 1.82) is 0 Å². The zero-order valence-corrected chi connectivity index (χ0v) is 28.6. The van der Waals surface area contributed by atoms with Gasteiger partial charge in [0, 0.05) is 39.9 Å². The molecule has 53 heavy (non-hydrogen) atoms. The Bertz CT molecular complexity index is 2930. The van der Waals surface area contributed by atoms with Crippen molar-refractivity contribution in [3.63, 3.8) is 0 Å². The second kappa shape index (κ2) is 12.9. The molecule has 0 atom stereocenters. The van der Waals surface area contributed by atoms with E-state index in [4.69, 9.17) is 14.4 Å². The lowest BCUT2D eigenvalue weighted by Gasteiger charge is -2.14. The van der Waals surface area contributed by atoms with Crippen molar-refractivity contribution in [2.24, 2.45) is 0 Å². The first kappa shape index (κ1) is 30.6. The summed E-state index contributed by atoms with van der Waals surface area (Å²) in [4.78, 5) is 14.6. The maximum absolute atomic E-state index is 6.50. The Hall–Kier alpha value is -7.17. The van der Waals surface area contributed by atoms with E-state index < -0.39 is 0 Å². The van der Waals surface area contributed by atoms with Crippen LogP contribution in [0.15, 0.2) is 193 Å². The lowest BCUT2D eigenvalue weighted by atomic mass is 9.93. The van der Waals surface area contributed by atoms with Crippen LogP contribution in [0.3, 0.4) is 0 Å². The number of rotatable bonds is 6. The minimum Gasteiger partial charge on any atom is -0.455 e. The van der Waals surface area contributed by atoms with Crippen molar-refractivity contribution in [3.8, 4) is 67.3 Å². The fraction of sp³-hybridized carbons (Fsp3) is 0. The molecule has 0 aliphatic heterocycles.